The van der Waals surface area contributed by atoms with Crippen LogP contribution < -0.4 is 5.32 Å². The van der Waals surface area contributed by atoms with Crippen LogP contribution in [0.4, 0.5) is 4.79 Å². The standard InChI is InChI=1S/C29H34N2O5S/c1-20(2)17-31(18-24(27(32)33)13-8-21-6-4-3-5-7-21)29(36)30-26(28(34)35)16-22-9-11-23(12-10-22)25-14-15-37-19-25/h3-7,9-12,14-15,19-20,24,26H,8,13,16-18H2,1-2H3,(H,30,36)(H,32,33)(H,34,35)/t24?,26-/m0/s1. The zero-order valence-corrected chi connectivity index (χ0v) is 22.0. The summed E-state index contributed by atoms with van der Waals surface area (Å²) in [6, 6.07) is 17.5. The number of benzene rings is 2. The van der Waals surface area contributed by atoms with E-state index < -0.39 is 29.9 Å². The lowest BCUT2D eigenvalue weighted by Crippen LogP contribution is -2.51. The number of urea groups is 1. The highest BCUT2D eigenvalue weighted by atomic mass is 32.1. The summed E-state index contributed by atoms with van der Waals surface area (Å²) in [4.78, 5) is 38.6. The van der Waals surface area contributed by atoms with Crippen LogP contribution >= 0.6 is 11.3 Å². The van der Waals surface area contributed by atoms with E-state index >= 15 is 0 Å². The molecule has 37 heavy (non-hydrogen) atoms. The van der Waals surface area contributed by atoms with Crippen LogP contribution in [0.5, 0.6) is 0 Å². The molecular weight excluding hydrogens is 488 g/mol. The van der Waals surface area contributed by atoms with Gasteiger partial charge in [-0.1, -0.05) is 68.4 Å². The number of aryl methyl sites for hydroxylation is 1. The highest BCUT2D eigenvalue weighted by Gasteiger charge is 2.28. The summed E-state index contributed by atoms with van der Waals surface area (Å²) in [6.07, 6.45) is 1.07. The number of nitrogens with zero attached hydrogens (tertiary/aromatic N) is 1. The molecule has 196 valence electrons. The first-order valence-corrected chi connectivity index (χ1v) is 13.3. The number of amides is 2. The maximum atomic E-state index is 13.2. The van der Waals surface area contributed by atoms with E-state index in [4.69, 9.17) is 0 Å². The van der Waals surface area contributed by atoms with Crippen LogP contribution in [0.2, 0.25) is 0 Å². The molecule has 0 aliphatic heterocycles. The Morgan fingerprint density at radius 2 is 1.57 bits per heavy atom. The van der Waals surface area contributed by atoms with Crippen LogP contribution in [-0.4, -0.2) is 52.2 Å². The van der Waals surface area contributed by atoms with Crippen molar-refractivity contribution < 1.29 is 24.6 Å². The summed E-state index contributed by atoms with van der Waals surface area (Å²) in [6.45, 7) is 4.20. The van der Waals surface area contributed by atoms with Gasteiger partial charge < -0.3 is 20.4 Å². The molecular formula is C29H34N2O5S. The topological polar surface area (TPSA) is 107 Å². The summed E-state index contributed by atoms with van der Waals surface area (Å²) >= 11 is 1.61. The number of carboxylic acid groups (broad SMARTS) is 2. The zero-order valence-electron chi connectivity index (χ0n) is 21.2. The fourth-order valence-electron chi connectivity index (χ4n) is 4.16. The van der Waals surface area contributed by atoms with Gasteiger partial charge >= 0.3 is 18.0 Å². The van der Waals surface area contributed by atoms with Gasteiger partial charge in [-0.2, -0.15) is 11.3 Å². The van der Waals surface area contributed by atoms with Crippen molar-refractivity contribution in [2.45, 2.75) is 39.2 Å². The number of hydrogen-bond acceptors (Lipinski definition) is 4. The van der Waals surface area contributed by atoms with Gasteiger partial charge in [0.25, 0.3) is 0 Å². The number of rotatable bonds is 13. The molecule has 8 heteroatoms. The third kappa shape index (κ3) is 8.75. The molecule has 2 amide bonds. The average Bonchev–Trinajstić information content (AvgIpc) is 3.41. The predicted molar refractivity (Wildman–Crippen MR) is 146 cm³/mol. The minimum Gasteiger partial charge on any atom is -0.481 e. The predicted octanol–water partition coefficient (Wildman–Crippen LogP) is 5.41. The molecule has 3 aromatic rings. The second-order valence-electron chi connectivity index (χ2n) is 9.61. The second kappa shape index (κ2) is 13.6. The first-order valence-electron chi connectivity index (χ1n) is 12.4. The van der Waals surface area contributed by atoms with Gasteiger partial charge in [-0.05, 0) is 57.8 Å². The number of carbonyl (C=O) groups is 3. The number of hydrogen-bond donors (Lipinski definition) is 3. The lowest BCUT2D eigenvalue weighted by Gasteiger charge is -2.29. The van der Waals surface area contributed by atoms with Gasteiger partial charge in [0.2, 0.25) is 0 Å². The number of carbonyl (C=O) groups excluding carboxylic acids is 1. The number of aliphatic carboxylic acids is 2. The van der Waals surface area contributed by atoms with E-state index in [1.165, 1.54) is 4.90 Å². The van der Waals surface area contributed by atoms with Crippen molar-refractivity contribution in [3.8, 4) is 11.1 Å². The molecule has 0 saturated heterocycles. The van der Waals surface area contributed by atoms with E-state index in [1.54, 1.807) is 11.3 Å². The monoisotopic (exact) mass is 522 g/mol. The van der Waals surface area contributed by atoms with Crippen LogP contribution in [0, 0.1) is 11.8 Å². The Balaban J connectivity index is 1.67. The van der Waals surface area contributed by atoms with Crippen molar-refractivity contribution in [3.63, 3.8) is 0 Å². The smallest absolute Gasteiger partial charge is 0.326 e. The number of nitrogens with one attached hydrogen (secondary N) is 1. The summed E-state index contributed by atoms with van der Waals surface area (Å²) in [5.74, 6) is -2.79. The van der Waals surface area contributed by atoms with Crippen LogP contribution in [0.3, 0.4) is 0 Å². The van der Waals surface area contributed by atoms with E-state index in [0.717, 1.165) is 22.3 Å². The van der Waals surface area contributed by atoms with Crippen molar-refractivity contribution in [1.29, 1.82) is 0 Å². The Hall–Kier alpha value is -3.65. The van der Waals surface area contributed by atoms with Crippen molar-refractivity contribution in [2.24, 2.45) is 11.8 Å². The van der Waals surface area contributed by atoms with E-state index in [2.05, 4.69) is 5.32 Å². The molecule has 2 aromatic carbocycles. The van der Waals surface area contributed by atoms with Crippen LogP contribution in [0.15, 0.2) is 71.4 Å². The largest absolute Gasteiger partial charge is 0.481 e. The summed E-state index contributed by atoms with van der Waals surface area (Å²) in [7, 11) is 0. The van der Waals surface area contributed by atoms with Crippen molar-refractivity contribution in [1.82, 2.24) is 10.2 Å². The molecule has 0 saturated carbocycles. The van der Waals surface area contributed by atoms with Crippen LogP contribution in [0.1, 0.15) is 31.4 Å². The van der Waals surface area contributed by atoms with Crippen molar-refractivity contribution in [2.75, 3.05) is 13.1 Å². The minimum absolute atomic E-state index is 0.00780. The minimum atomic E-state index is -1.14. The van der Waals surface area contributed by atoms with Gasteiger partial charge in [0.1, 0.15) is 6.04 Å². The molecule has 0 spiro atoms. The van der Waals surface area contributed by atoms with E-state index in [9.17, 15) is 24.6 Å². The average molecular weight is 523 g/mol. The molecule has 0 aliphatic carbocycles. The number of carboxylic acids is 2. The number of thiophene rings is 1. The normalized spacial score (nSPS) is 12.6. The molecule has 0 fully saturated rings. The van der Waals surface area contributed by atoms with Gasteiger partial charge in [-0.3, -0.25) is 4.79 Å². The Morgan fingerprint density at radius 3 is 2.14 bits per heavy atom. The highest BCUT2D eigenvalue weighted by molar-refractivity contribution is 7.08. The van der Waals surface area contributed by atoms with Gasteiger partial charge in [0.05, 0.1) is 5.92 Å². The summed E-state index contributed by atoms with van der Waals surface area (Å²) in [5.41, 5.74) is 3.96. The Labute approximate surface area is 221 Å². The first kappa shape index (κ1) is 27.9. The molecule has 0 radical (unpaired) electrons. The van der Waals surface area contributed by atoms with E-state index in [0.29, 0.717) is 19.4 Å². The second-order valence-corrected chi connectivity index (χ2v) is 10.4. The molecule has 3 N–H and O–H groups in total. The lowest BCUT2D eigenvalue weighted by molar-refractivity contribution is -0.142. The van der Waals surface area contributed by atoms with E-state index in [-0.39, 0.29) is 18.9 Å². The fraction of sp³-hybridized carbons (Fsp3) is 0.345. The maximum absolute atomic E-state index is 13.2. The quantitative estimate of drug-likeness (QED) is 0.278. The summed E-state index contributed by atoms with van der Waals surface area (Å²) < 4.78 is 0. The third-order valence-electron chi connectivity index (χ3n) is 6.13. The van der Waals surface area contributed by atoms with E-state index in [1.807, 2.05) is 85.3 Å². The molecule has 0 bridgehead atoms. The van der Waals surface area contributed by atoms with Gasteiger partial charge in [-0.25, -0.2) is 9.59 Å². The molecule has 1 aromatic heterocycles. The zero-order chi connectivity index (χ0) is 26.8. The van der Waals surface area contributed by atoms with Gasteiger partial charge in [0.15, 0.2) is 0 Å². The van der Waals surface area contributed by atoms with Crippen LogP contribution in [-0.2, 0) is 22.4 Å². The molecule has 7 nitrogen and oxygen atoms in total. The van der Waals surface area contributed by atoms with Gasteiger partial charge in [-0.15, -0.1) is 0 Å². The lowest BCUT2D eigenvalue weighted by atomic mass is 9.98. The molecule has 1 unspecified atom stereocenters. The Kier molecular flexibility index (Phi) is 10.3. The molecule has 3 rings (SSSR count). The maximum Gasteiger partial charge on any atom is 0.326 e. The third-order valence-corrected chi connectivity index (χ3v) is 6.81. The Morgan fingerprint density at radius 1 is 0.865 bits per heavy atom. The first-order chi connectivity index (χ1) is 17.7. The molecule has 1 heterocycles. The Bertz CT molecular complexity index is 1150. The van der Waals surface area contributed by atoms with Gasteiger partial charge in [0, 0.05) is 19.5 Å². The fourth-order valence-corrected chi connectivity index (χ4v) is 4.83. The SMILES string of the molecule is CC(C)CN(CC(CCc1ccccc1)C(=O)O)C(=O)N[C@@H](Cc1ccc(-c2ccsc2)cc1)C(=O)O. The highest BCUT2D eigenvalue weighted by Crippen LogP contribution is 2.23. The van der Waals surface area contributed by atoms with Crippen LogP contribution in [0.25, 0.3) is 11.1 Å². The van der Waals surface area contributed by atoms with Crippen molar-refractivity contribution >= 4 is 29.3 Å². The summed E-state index contributed by atoms with van der Waals surface area (Å²) in [5, 5.41) is 26.3. The van der Waals surface area contributed by atoms with Crippen molar-refractivity contribution in [3.05, 3.63) is 82.6 Å². The molecule has 0 aliphatic rings. The molecule has 2 atom stereocenters.